The summed E-state index contributed by atoms with van der Waals surface area (Å²) in [6.45, 7) is 9.89. The Morgan fingerprint density at radius 1 is 0.637 bits per heavy atom. The number of aromatic amines is 3. The third-order valence-electron chi connectivity index (χ3n) is 22.8. The summed E-state index contributed by atoms with van der Waals surface area (Å²) in [5.74, 6) is -4.72. The summed E-state index contributed by atoms with van der Waals surface area (Å²) in [6.07, 6.45) is 8.04. The van der Waals surface area contributed by atoms with Gasteiger partial charge in [0.25, 0.3) is 16.7 Å². The number of fused-ring (bicyclic) bond motifs is 3. The molecule has 6 aliphatic carbocycles. The van der Waals surface area contributed by atoms with Crippen LogP contribution in [0.15, 0.2) is 111 Å². The van der Waals surface area contributed by atoms with Crippen LogP contribution < -0.4 is 26.7 Å². The van der Waals surface area contributed by atoms with Crippen molar-refractivity contribution < 1.29 is 106 Å². The molecular weight excluding hydrogens is 1480 g/mol. The van der Waals surface area contributed by atoms with E-state index in [0.717, 1.165) is 82.5 Å². The smallest absolute Gasteiger partial charge is 0.407 e. The lowest BCUT2D eigenvalue weighted by atomic mass is 9.88. The van der Waals surface area contributed by atoms with Gasteiger partial charge in [0.05, 0.1) is 99.2 Å². The molecular formula is C80H102F4N8O21. The Balaban J connectivity index is 0.000000149. The molecule has 0 radical (unpaired) electrons. The maximum absolute atomic E-state index is 12.9. The monoisotopic (exact) mass is 1590 g/mol. The van der Waals surface area contributed by atoms with E-state index in [-0.39, 0.29) is 102 Å². The van der Waals surface area contributed by atoms with Gasteiger partial charge in [0, 0.05) is 87.7 Å². The van der Waals surface area contributed by atoms with Crippen LogP contribution in [0.4, 0.5) is 22.4 Å². The number of alkyl halides is 4. The number of allylic oxidation sites excluding steroid dienone is 4. The number of rotatable bonds is 18. The molecule has 1 amide bonds. The van der Waals surface area contributed by atoms with Crippen LogP contribution in [-0.2, 0) is 71.9 Å². The first kappa shape index (κ1) is 86.8. The Morgan fingerprint density at radius 3 is 1.64 bits per heavy atom. The average Bonchev–Trinajstić information content (AvgIpc) is 1.63. The highest BCUT2D eigenvalue weighted by molar-refractivity contribution is 5.84. The molecule has 3 saturated carbocycles. The highest BCUT2D eigenvalue weighted by atomic mass is 19.3. The van der Waals surface area contributed by atoms with Gasteiger partial charge in [0.1, 0.15) is 42.1 Å². The third-order valence-corrected chi connectivity index (χ3v) is 22.8. The van der Waals surface area contributed by atoms with Gasteiger partial charge in [-0.25, -0.2) is 42.3 Å². The molecule has 0 bridgehead atoms. The molecule has 19 atom stereocenters. The van der Waals surface area contributed by atoms with E-state index in [2.05, 4.69) is 54.4 Å². The number of H-pyrrole nitrogens is 3. The van der Waals surface area contributed by atoms with Crippen molar-refractivity contribution >= 4 is 28.6 Å². The summed E-state index contributed by atoms with van der Waals surface area (Å²) >= 11 is 0. The molecule has 33 heteroatoms. The summed E-state index contributed by atoms with van der Waals surface area (Å²) in [7, 11) is 4.16. The van der Waals surface area contributed by atoms with E-state index in [0.29, 0.717) is 79.3 Å². The van der Waals surface area contributed by atoms with Gasteiger partial charge in [-0.3, -0.25) is 19.2 Å². The molecule has 4 aromatic heterocycles. The molecule has 0 spiro atoms. The fourth-order valence-electron chi connectivity index (χ4n) is 16.1. The van der Waals surface area contributed by atoms with Gasteiger partial charge in [-0.05, 0) is 128 Å². The molecule has 9 aliphatic rings. The Bertz CT molecular complexity index is 4230. The molecule has 12 N–H and O–H groups in total. The van der Waals surface area contributed by atoms with E-state index < -0.39 is 79.2 Å². The van der Waals surface area contributed by atoms with Crippen LogP contribution in [0.25, 0.3) is 28.0 Å². The number of Topliss-reactive ketones (excluding diaryl/α,β-unsaturated/α-hetero) is 1. The van der Waals surface area contributed by atoms with E-state index in [1.165, 1.54) is 53.4 Å². The van der Waals surface area contributed by atoms with E-state index in [9.17, 15) is 72.2 Å². The molecule has 3 saturated heterocycles. The van der Waals surface area contributed by atoms with Crippen LogP contribution >= 0.6 is 0 Å². The van der Waals surface area contributed by atoms with Crippen LogP contribution in [0.1, 0.15) is 117 Å². The lowest BCUT2D eigenvalue weighted by Crippen LogP contribution is -2.39. The number of amides is 1. The average molecular weight is 1590 g/mol. The van der Waals surface area contributed by atoms with E-state index in [4.69, 9.17) is 33.6 Å². The van der Waals surface area contributed by atoms with Gasteiger partial charge >= 0.3 is 17.9 Å². The van der Waals surface area contributed by atoms with Crippen molar-refractivity contribution in [3.05, 3.63) is 174 Å². The first-order valence-corrected chi connectivity index (χ1v) is 37.9. The summed E-state index contributed by atoms with van der Waals surface area (Å²) in [4.78, 5) is 84.2. The molecule has 3 aliphatic heterocycles. The number of benzene rings is 2. The SMILES string of the molecule is CC[C@H]1C[C@@H](C2=CCc3c2nc[nH]c3=O)[C@H](O)[C@@H]1O.COC1OC(C)C(F)(F)C1O.COCC1OC(C)C(F)(F)C1O.COc1cc(CC(=O)Cc2cccc(CNC(=O)O[C@H]3CCOC3)c2)ccc1-c1cnco1.C[C@@H]1[C@@H](CO)C[C@@H](C2=CCc3c2nc[nH]c3=O)[C@@H]1O.C[C@@H]1[C@H](O)[C@@H](CO)C[C@H]1C1=CCc2c1nc[nH]c2=O. The number of hydrogen-bond donors (Lipinski definition) is 12. The highest BCUT2D eigenvalue weighted by Crippen LogP contribution is 2.48. The minimum atomic E-state index is -3.21. The van der Waals surface area contributed by atoms with Crippen molar-refractivity contribution in [3.63, 3.8) is 0 Å². The second-order valence-electron chi connectivity index (χ2n) is 29.8. The first-order chi connectivity index (χ1) is 54.0. The van der Waals surface area contributed by atoms with Crippen LogP contribution in [0, 0.1) is 47.3 Å². The number of methoxy groups -OCH3 is 3. The maximum atomic E-state index is 12.9. The van der Waals surface area contributed by atoms with Crippen LogP contribution in [0.2, 0.25) is 0 Å². The zero-order valence-corrected chi connectivity index (χ0v) is 64.1. The Morgan fingerprint density at radius 2 is 1.18 bits per heavy atom. The van der Waals surface area contributed by atoms with Crippen LogP contribution in [0.3, 0.4) is 0 Å². The lowest BCUT2D eigenvalue weighted by Gasteiger charge is -2.19. The van der Waals surface area contributed by atoms with Crippen molar-refractivity contribution in [2.45, 2.75) is 185 Å². The Hall–Kier alpha value is -8.55. The van der Waals surface area contributed by atoms with E-state index in [1.807, 2.05) is 81.5 Å². The number of alkyl carbamates (subject to hydrolysis) is 1. The number of ether oxygens (including phenoxy) is 7. The minimum absolute atomic E-state index is 0.00491. The van der Waals surface area contributed by atoms with Crippen molar-refractivity contribution in [2.24, 2.45) is 47.3 Å². The summed E-state index contributed by atoms with van der Waals surface area (Å²) in [5.41, 5.74) is 10.3. The number of aromatic nitrogens is 7. The number of oxazole rings is 1. The number of hydrogen-bond acceptors (Lipinski definition) is 25. The molecule has 15 rings (SSSR count). The largest absolute Gasteiger partial charge is 0.496 e. The van der Waals surface area contributed by atoms with Gasteiger partial charge in [-0.2, -0.15) is 0 Å². The van der Waals surface area contributed by atoms with Gasteiger partial charge in [-0.15, -0.1) is 0 Å². The van der Waals surface area contributed by atoms with Gasteiger partial charge in [0.2, 0.25) is 0 Å². The second-order valence-corrected chi connectivity index (χ2v) is 29.8. The van der Waals surface area contributed by atoms with Gasteiger partial charge in [0.15, 0.2) is 24.5 Å². The van der Waals surface area contributed by atoms with Crippen molar-refractivity contribution in [1.82, 2.24) is 40.2 Å². The van der Waals surface area contributed by atoms with Crippen LogP contribution in [0.5, 0.6) is 5.75 Å². The summed E-state index contributed by atoms with van der Waals surface area (Å²) in [5, 5.41) is 80.1. The predicted octanol–water partition coefficient (Wildman–Crippen LogP) is 5.66. The number of nitrogens with zero attached hydrogens (tertiary/aromatic N) is 4. The number of carbonyl (C=O) groups excluding carboxylic acids is 2. The number of aliphatic hydroxyl groups is 8. The number of carbonyl (C=O) groups is 2. The predicted molar refractivity (Wildman–Crippen MR) is 401 cm³/mol. The van der Waals surface area contributed by atoms with Crippen molar-refractivity contribution in [2.75, 3.05) is 54.4 Å². The molecule has 2 aromatic carbocycles. The Kier molecular flexibility index (Phi) is 29.8. The quantitative estimate of drug-likeness (QED) is 0.0462. The molecule has 7 heterocycles. The number of halogens is 4. The zero-order valence-electron chi connectivity index (χ0n) is 64.1. The summed E-state index contributed by atoms with van der Waals surface area (Å²) < 4.78 is 91.0. The van der Waals surface area contributed by atoms with Crippen molar-refractivity contribution in [3.8, 4) is 17.1 Å². The lowest BCUT2D eigenvalue weighted by molar-refractivity contribution is -0.149. The fraction of sp³-hybridized carbons (Fsp3) is 0.562. The zero-order chi connectivity index (χ0) is 81.8. The van der Waals surface area contributed by atoms with Gasteiger partial charge < -0.3 is 98.7 Å². The third kappa shape index (κ3) is 19.9. The van der Waals surface area contributed by atoms with E-state index >= 15 is 0 Å². The Labute approximate surface area is 648 Å². The highest BCUT2D eigenvalue weighted by Gasteiger charge is 2.58. The molecule has 29 nitrogen and oxygen atoms in total. The van der Waals surface area contributed by atoms with Crippen LogP contribution in [-0.4, -0.2) is 221 Å². The van der Waals surface area contributed by atoms with Gasteiger partial charge in [-0.1, -0.05) is 75.8 Å². The summed E-state index contributed by atoms with van der Waals surface area (Å²) in [6, 6.07) is 13.2. The first-order valence-electron chi connectivity index (χ1n) is 37.9. The van der Waals surface area contributed by atoms with E-state index in [1.54, 1.807) is 13.3 Å². The molecule has 6 fully saturated rings. The topological polar surface area (TPSA) is 436 Å². The fourth-order valence-corrected chi connectivity index (χ4v) is 16.1. The molecule has 6 aromatic rings. The molecule has 6 unspecified atom stereocenters. The maximum Gasteiger partial charge on any atom is 0.407 e. The number of ketones is 1. The standard InChI is InChI=1S/C25H26N2O6.3C14H18N2O3.C7H12F2O3.C6H10F2O3/c1-30-23-12-18(5-6-22(23)24-14-26-16-32-24)11-20(28)10-17-3-2-4-19(9-17)13-27-25(29)33-21-7-8-31-15-21;1-7-11(4-8(5-17)13(7)18)9-2-3-10-12(9)15-6-16-14(10)19;1-7-8(5-17)4-11(13(7)18)9-2-3-10-12(9)15-6-16-14(10)19;1-2-7-5-10(13(18)12(7)17)8-3-4-9-11(8)15-6-16-14(9)19;1-4-7(8,9)6(10)5(12-4)3-11-2;1-3-6(7,8)4(9)5(10-2)11-3/h2-6,9,12,14,16,21H,7-8,10-11,13,15H2,1H3,(H,27,29);2*2,6-8,11,13,17-18H,3-5H2,1H3,(H,15,16,19);3,6-7,10,12-13,17-18H,2,4-5H2,1H3,(H,15,16,19);4-6,10H,3H2,1-2H3;3-5,9H,1-2H3/t21-;7-,8+,11+,13-;7-,8-,11+,13-;7-,10-,12+,13-;;/m0010../s1. The molecule has 616 valence electrons. The van der Waals surface area contributed by atoms with Crippen molar-refractivity contribution in [1.29, 1.82) is 0 Å². The normalized spacial score (nSPS) is 29.7. The number of nitrogens with one attached hydrogen (secondary N) is 4. The minimum Gasteiger partial charge on any atom is -0.496 e. The second kappa shape index (κ2) is 38.7. The number of aliphatic hydroxyl groups excluding tert-OH is 8. The molecule has 113 heavy (non-hydrogen) atoms.